The lowest BCUT2D eigenvalue weighted by Gasteiger charge is -2.36. The summed E-state index contributed by atoms with van der Waals surface area (Å²) < 4.78 is 7.88. The number of anilines is 1. The Bertz CT molecular complexity index is 370. The van der Waals surface area contributed by atoms with E-state index in [-0.39, 0.29) is 11.1 Å². The summed E-state index contributed by atoms with van der Waals surface area (Å²) in [5.74, 6) is 0.448. The topological polar surface area (TPSA) is 66.0 Å². The second-order valence-corrected chi connectivity index (χ2v) is 10.9. The van der Waals surface area contributed by atoms with E-state index in [0.29, 0.717) is 12.4 Å². The molecule has 1 aromatic rings. The van der Waals surface area contributed by atoms with Crippen molar-refractivity contribution in [1.82, 2.24) is 15.0 Å². The molecule has 0 bridgehead atoms. The van der Waals surface area contributed by atoms with Gasteiger partial charge in [0.05, 0.1) is 18.8 Å². The molecule has 0 fully saturated rings. The lowest BCUT2D eigenvalue weighted by Crippen LogP contribution is -2.42. The van der Waals surface area contributed by atoms with Gasteiger partial charge in [0, 0.05) is 0 Å². The molecule has 0 spiro atoms. The first-order valence-corrected chi connectivity index (χ1v) is 8.85. The fourth-order valence-corrected chi connectivity index (χ4v) is 2.22. The van der Waals surface area contributed by atoms with Gasteiger partial charge < -0.3 is 10.2 Å². The number of nitrogen functional groups attached to an aromatic ring is 1. The minimum atomic E-state index is -1.69. The summed E-state index contributed by atoms with van der Waals surface area (Å²) in [6, 6.07) is 0.161. The smallest absolute Gasteiger partial charge is 0.192 e. The molecular weight excluding hydrogens is 232 g/mol. The Morgan fingerprint density at radius 3 is 2.47 bits per heavy atom. The van der Waals surface area contributed by atoms with Crippen LogP contribution in [0.2, 0.25) is 18.1 Å². The summed E-state index contributed by atoms with van der Waals surface area (Å²) in [5, 5.41) is 7.96. The monoisotopic (exact) mass is 256 g/mol. The van der Waals surface area contributed by atoms with E-state index in [1.165, 1.54) is 0 Å². The SMILES string of the molecule is C[C@H](CO[Si](C)(C)C(C)(C)C)n1cc(N)nn1. The van der Waals surface area contributed by atoms with Gasteiger partial charge in [-0.1, -0.05) is 26.0 Å². The highest BCUT2D eigenvalue weighted by Crippen LogP contribution is 2.36. The second kappa shape index (κ2) is 4.78. The molecule has 1 aromatic heterocycles. The van der Waals surface area contributed by atoms with Gasteiger partial charge in [-0.25, -0.2) is 4.68 Å². The number of aromatic nitrogens is 3. The fourth-order valence-electron chi connectivity index (χ4n) is 1.13. The third kappa shape index (κ3) is 3.54. The van der Waals surface area contributed by atoms with Crippen molar-refractivity contribution in [1.29, 1.82) is 0 Å². The zero-order valence-corrected chi connectivity index (χ0v) is 12.7. The molecule has 1 rings (SSSR count). The summed E-state index contributed by atoms with van der Waals surface area (Å²) in [4.78, 5) is 0. The third-order valence-electron chi connectivity index (χ3n) is 3.47. The Hall–Kier alpha value is -0.883. The van der Waals surface area contributed by atoms with Crippen molar-refractivity contribution in [2.24, 2.45) is 0 Å². The maximum Gasteiger partial charge on any atom is 0.192 e. The van der Waals surface area contributed by atoms with Gasteiger partial charge >= 0.3 is 0 Å². The molecule has 6 heteroatoms. The van der Waals surface area contributed by atoms with Crippen molar-refractivity contribution in [3.63, 3.8) is 0 Å². The van der Waals surface area contributed by atoms with E-state index in [2.05, 4.69) is 51.1 Å². The van der Waals surface area contributed by atoms with Gasteiger partial charge in [0.2, 0.25) is 0 Å². The Balaban J connectivity index is 2.57. The summed E-state index contributed by atoms with van der Waals surface area (Å²) in [6.07, 6.45) is 1.74. The molecule has 0 aliphatic rings. The summed E-state index contributed by atoms with van der Waals surface area (Å²) in [5.41, 5.74) is 5.54. The predicted molar refractivity (Wildman–Crippen MR) is 72.3 cm³/mol. The molecule has 0 aliphatic carbocycles. The molecule has 0 amide bonds. The molecule has 17 heavy (non-hydrogen) atoms. The highest BCUT2D eigenvalue weighted by atomic mass is 28.4. The molecule has 0 radical (unpaired) electrons. The number of hydrogen-bond donors (Lipinski definition) is 1. The van der Waals surface area contributed by atoms with Gasteiger partial charge in [-0.15, -0.1) is 5.10 Å². The number of rotatable bonds is 4. The van der Waals surface area contributed by atoms with Crippen LogP contribution in [-0.4, -0.2) is 29.9 Å². The maximum absolute atomic E-state index is 6.13. The number of hydrogen-bond acceptors (Lipinski definition) is 4. The average Bonchev–Trinajstić information content (AvgIpc) is 2.59. The molecule has 5 nitrogen and oxygen atoms in total. The normalized spacial score (nSPS) is 14.9. The number of nitrogens with two attached hydrogens (primary N) is 1. The lowest BCUT2D eigenvalue weighted by atomic mass is 10.2. The van der Waals surface area contributed by atoms with Gasteiger partial charge in [0.1, 0.15) is 0 Å². The Morgan fingerprint density at radius 1 is 1.47 bits per heavy atom. The lowest BCUT2D eigenvalue weighted by molar-refractivity contribution is 0.228. The van der Waals surface area contributed by atoms with E-state index in [4.69, 9.17) is 10.2 Å². The van der Waals surface area contributed by atoms with Crippen LogP contribution in [0.25, 0.3) is 0 Å². The van der Waals surface area contributed by atoms with Crippen molar-refractivity contribution in [2.75, 3.05) is 12.3 Å². The Morgan fingerprint density at radius 2 is 2.06 bits per heavy atom. The summed E-state index contributed by atoms with van der Waals surface area (Å²) in [6.45, 7) is 13.9. The largest absolute Gasteiger partial charge is 0.415 e. The molecule has 0 aromatic carbocycles. The predicted octanol–water partition coefficient (Wildman–Crippen LogP) is 2.44. The van der Waals surface area contributed by atoms with Crippen LogP contribution in [0, 0.1) is 0 Å². The van der Waals surface area contributed by atoms with Gasteiger partial charge in [-0.2, -0.15) is 0 Å². The first-order chi connectivity index (χ1) is 7.63. The molecule has 2 N–H and O–H groups in total. The van der Waals surface area contributed by atoms with Crippen molar-refractivity contribution in [3.05, 3.63) is 6.20 Å². The minimum Gasteiger partial charge on any atom is -0.415 e. The molecule has 0 saturated heterocycles. The summed E-state index contributed by atoms with van der Waals surface area (Å²) in [7, 11) is -1.69. The van der Waals surface area contributed by atoms with E-state index >= 15 is 0 Å². The van der Waals surface area contributed by atoms with Crippen LogP contribution in [0.4, 0.5) is 5.82 Å². The molecule has 1 atom stereocenters. The van der Waals surface area contributed by atoms with E-state index in [1.807, 2.05) is 0 Å². The van der Waals surface area contributed by atoms with E-state index in [0.717, 1.165) is 0 Å². The van der Waals surface area contributed by atoms with Crippen LogP contribution < -0.4 is 5.73 Å². The van der Waals surface area contributed by atoms with Gasteiger partial charge in [0.25, 0.3) is 0 Å². The first kappa shape index (κ1) is 14.2. The van der Waals surface area contributed by atoms with E-state index in [1.54, 1.807) is 10.9 Å². The second-order valence-electron chi connectivity index (χ2n) is 6.04. The molecule has 0 aliphatic heterocycles. The van der Waals surface area contributed by atoms with Crippen LogP contribution in [0.15, 0.2) is 6.20 Å². The van der Waals surface area contributed by atoms with Gasteiger partial charge in [-0.05, 0) is 25.1 Å². The Kier molecular flexibility index (Phi) is 3.98. The van der Waals surface area contributed by atoms with Crippen molar-refractivity contribution in [2.45, 2.75) is 51.9 Å². The minimum absolute atomic E-state index is 0.161. The zero-order valence-electron chi connectivity index (χ0n) is 11.7. The first-order valence-electron chi connectivity index (χ1n) is 5.95. The Labute approximate surface area is 104 Å². The number of nitrogens with zero attached hydrogens (tertiary/aromatic N) is 3. The van der Waals surface area contributed by atoms with Crippen LogP contribution >= 0.6 is 0 Å². The molecule has 98 valence electrons. The van der Waals surface area contributed by atoms with E-state index in [9.17, 15) is 0 Å². The van der Waals surface area contributed by atoms with Crippen LogP contribution in [0.5, 0.6) is 0 Å². The molecular formula is C11H24N4OSi. The van der Waals surface area contributed by atoms with Crippen LogP contribution in [0.1, 0.15) is 33.7 Å². The van der Waals surface area contributed by atoms with Gasteiger partial charge in [-0.3, -0.25) is 0 Å². The molecule has 0 saturated carbocycles. The zero-order chi connectivity index (χ0) is 13.3. The fraction of sp³-hybridized carbons (Fsp3) is 0.818. The standard InChI is InChI=1S/C11H24N4OSi/c1-9(15-7-10(12)13-14-15)8-16-17(5,6)11(2,3)4/h7,9H,8,12H2,1-6H3/t9-/m1/s1. The van der Waals surface area contributed by atoms with Crippen LogP contribution in [0.3, 0.4) is 0 Å². The van der Waals surface area contributed by atoms with Crippen molar-refractivity contribution in [3.8, 4) is 0 Å². The maximum atomic E-state index is 6.13. The average molecular weight is 256 g/mol. The molecule has 1 heterocycles. The summed E-state index contributed by atoms with van der Waals surface area (Å²) >= 11 is 0. The highest BCUT2D eigenvalue weighted by molar-refractivity contribution is 6.74. The van der Waals surface area contributed by atoms with Gasteiger partial charge in [0.15, 0.2) is 14.1 Å². The van der Waals surface area contributed by atoms with Crippen molar-refractivity contribution >= 4 is 14.1 Å². The molecule has 0 unspecified atom stereocenters. The van der Waals surface area contributed by atoms with Crippen molar-refractivity contribution < 1.29 is 4.43 Å². The van der Waals surface area contributed by atoms with Crippen LogP contribution in [-0.2, 0) is 4.43 Å². The third-order valence-corrected chi connectivity index (χ3v) is 7.97. The quantitative estimate of drug-likeness (QED) is 0.840. The highest BCUT2D eigenvalue weighted by Gasteiger charge is 2.37. The van der Waals surface area contributed by atoms with E-state index < -0.39 is 8.32 Å².